The third-order valence-electron chi connectivity index (χ3n) is 3.25. The largest absolute Gasteiger partial charge is 0.376 e. The van der Waals surface area contributed by atoms with Gasteiger partial charge in [-0.1, -0.05) is 18.2 Å². The molecular formula is C14H19NO4S. The van der Waals surface area contributed by atoms with Gasteiger partial charge in [0.2, 0.25) is 5.91 Å². The van der Waals surface area contributed by atoms with Crippen LogP contribution in [0.2, 0.25) is 0 Å². The molecule has 1 heterocycles. The van der Waals surface area contributed by atoms with Crippen molar-refractivity contribution in [3.63, 3.8) is 0 Å². The molecule has 0 radical (unpaired) electrons. The predicted molar refractivity (Wildman–Crippen MR) is 75.1 cm³/mol. The van der Waals surface area contributed by atoms with Crippen LogP contribution in [0, 0.1) is 0 Å². The van der Waals surface area contributed by atoms with Gasteiger partial charge in [-0.15, -0.1) is 0 Å². The van der Waals surface area contributed by atoms with Gasteiger partial charge in [0.15, 0.2) is 9.84 Å². The van der Waals surface area contributed by atoms with E-state index < -0.39 is 9.84 Å². The standard InChI is InChI=1S/C14H19NO4S/c16-14(15-11-12-5-4-9-19-12)8-10-20(17,18)13-6-2-1-3-7-13/h1-3,6-7,12H,4-5,8-11H2,(H,15,16)/t12-/m0/s1. The average molecular weight is 297 g/mol. The highest BCUT2D eigenvalue weighted by Gasteiger charge is 2.18. The monoisotopic (exact) mass is 297 g/mol. The molecule has 1 N–H and O–H groups in total. The summed E-state index contributed by atoms with van der Waals surface area (Å²) in [7, 11) is -3.38. The second-order valence-corrected chi connectivity index (χ2v) is 6.93. The normalized spacial score (nSPS) is 18.9. The second-order valence-electron chi connectivity index (χ2n) is 4.82. The molecule has 6 heteroatoms. The first-order chi connectivity index (χ1) is 9.58. The maximum Gasteiger partial charge on any atom is 0.221 e. The molecule has 5 nitrogen and oxygen atoms in total. The van der Waals surface area contributed by atoms with Gasteiger partial charge in [0, 0.05) is 19.6 Å². The molecule has 110 valence electrons. The van der Waals surface area contributed by atoms with Gasteiger partial charge in [0.25, 0.3) is 0 Å². The first kappa shape index (κ1) is 15.0. The Hall–Kier alpha value is -1.40. The number of ether oxygens (including phenoxy) is 1. The number of hydrogen-bond donors (Lipinski definition) is 1. The van der Waals surface area contributed by atoms with Crippen LogP contribution in [0.5, 0.6) is 0 Å². The van der Waals surface area contributed by atoms with E-state index in [1.54, 1.807) is 30.3 Å². The van der Waals surface area contributed by atoms with Gasteiger partial charge in [-0.2, -0.15) is 0 Å². The van der Waals surface area contributed by atoms with E-state index in [4.69, 9.17) is 4.74 Å². The van der Waals surface area contributed by atoms with E-state index >= 15 is 0 Å². The molecule has 20 heavy (non-hydrogen) atoms. The van der Waals surface area contributed by atoms with Crippen molar-refractivity contribution < 1.29 is 17.9 Å². The number of carbonyl (C=O) groups excluding carboxylic acids is 1. The van der Waals surface area contributed by atoms with Crippen molar-refractivity contribution in [3.05, 3.63) is 30.3 Å². The molecule has 1 saturated heterocycles. The fraction of sp³-hybridized carbons (Fsp3) is 0.500. The minimum Gasteiger partial charge on any atom is -0.376 e. The maximum absolute atomic E-state index is 12.0. The predicted octanol–water partition coefficient (Wildman–Crippen LogP) is 1.15. The van der Waals surface area contributed by atoms with E-state index in [2.05, 4.69) is 5.32 Å². The summed E-state index contributed by atoms with van der Waals surface area (Å²) in [6.07, 6.45) is 2.01. The number of hydrogen-bond acceptors (Lipinski definition) is 4. The van der Waals surface area contributed by atoms with E-state index in [9.17, 15) is 13.2 Å². The molecule has 0 aliphatic carbocycles. The van der Waals surface area contributed by atoms with Gasteiger partial charge in [-0.3, -0.25) is 4.79 Å². The topological polar surface area (TPSA) is 72.5 Å². The summed E-state index contributed by atoms with van der Waals surface area (Å²) >= 11 is 0. The zero-order valence-electron chi connectivity index (χ0n) is 11.2. The van der Waals surface area contributed by atoms with Gasteiger partial charge in [0.05, 0.1) is 16.8 Å². The van der Waals surface area contributed by atoms with Crippen LogP contribution >= 0.6 is 0 Å². The van der Waals surface area contributed by atoms with E-state index in [-0.39, 0.29) is 29.1 Å². The summed E-state index contributed by atoms with van der Waals surface area (Å²) in [4.78, 5) is 11.9. The van der Waals surface area contributed by atoms with Crippen LogP contribution in [-0.4, -0.2) is 39.3 Å². The molecule has 0 saturated carbocycles. The second kappa shape index (κ2) is 6.85. The minimum absolute atomic E-state index is 0.0239. The molecule has 1 aliphatic heterocycles. The molecular weight excluding hydrogens is 278 g/mol. The molecule has 0 unspecified atom stereocenters. The van der Waals surface area contributed by atoms with E-state index in [1.165, 1.54) is 0 Å². The van der Waals surface area contributed by atoms with Crippen LogP contribution in [0.4, 0.5) is 0 Å². The summed E-state index contributed by atoms with van der Waals surface area (Å²) in [6, 6.07) is 8.18. The molecule has 1 aromatic rings. The number of carbonyl (C=O) groups is 1. The molecule has 1 aliphatic rings. The Kier molecular flexibility index (Phi) is 5.14. The molecule has 0 aromatic heterocycles. The van der Waals surface area contributed by atoms with Crippen LogP contribution in [0.25, 0.3) is 0 Å². The lowest BCUT2D eigenvalue weighted by molar-refractivity contribution is -0.121. The molecule has 0 spiro atoms. The van der Waals surface area contributed by atoms with Gasteiger partial charge < -0.3 is 10.1 Å². The number of benzene rings is 1. The molecule has 1 aromatic carbocycles. The highest BCUT2D eigenvalue weighted by Crippen LogP contribution is 2.12. The van der Waals surface area contributed by atoms with Crippen molar-refractivity contribution in [3.8, 4) is 0 Å². The number of amides is 1. The Morgan fingerprint density at radius 3 is 2.70 bits per heavy atom. The number of sulfone groups is 1. The fourth-order valence-corrected chi connectivity index (χ4v) is 3.36. The molecule has 2 rings (SSSR count). The van der Waals surface area contributed by atoms with Gasteiger partial charge in [0.1, 0.15) is 0 Å². The first-order valence-electron chi connectivity index (χ1n) is 6.74. The van der Waals surface area contributed by atoms with Crippen LogP contribution in [0.1, 0.15) is 19.3 Å². The third-order valence-corrected chi connectivity index (χ3v) is 4.98. The SMILES string of the molecule is O=C(CCS(=O)(=O)c1ccccc1)NC[C@@H]1CCCO1. The lowest BCUT2D eigenvalue weighted by atomic mass is 10.2. The van der Waals surface area contributed by atoms with Crippen LogP contribution < -0.4 is 5.32 Å². The highest BCUT2D eigenvalue weighted by molar-refractivity contribution is 7.91. The van der Waals surface area contributed by atoms with Crippen LogP contribution in [0.3, 0.4) is 0 Å². The Labute approximate surface area is 119 Å². The van der Waals surface area contributed by atoms with Crippen molar-refractivity contribution in [1.82, 2.24) is 5.32 Å². The Bertz CT molecular complexity index is 536. The maximum atomic E-state index is 12.0. The van der Waals surface area contributed by atoms with E-state index in [0.717, 1.165) is 19.4 Å². The average Bonchev–Trinajstić information content (AvgIpc) is 2.97. The van der Waals surface area contributed by atoms with Crippen molar-refractivity contribution in [2.45, 2.75) is 30.3 Å². The van der Waals surface area contributed by atoms with Crippen LogP contribution in [0.15, 0.2) is 35.2 Å². The summed E-state index contributed by atoms with van der Waals surface area (Å²) in [5.41, 5.74) is 0. The third kappa shape index (κ3) is 4.31. The smallest absolute Gasteiger partial charge is 0.221 e. The van der Waals surface area contributed by atoms with Crippen molar-refractivity contribution in [2.75, 3.05) is 18.9 Å². The Morgan fingerprint density at radius 1 is 1.30 bits per heavy atom. The van der Waals surface area contributed by atoms with Gasteiger partial charge in [-0.25, -0.2) is 8.42 Å². The zero-order valence-corrected chi connectivity index (χ0v) is 12.1. The zero-order chi connectivity index (χ0) is 14.4. The quantitative estimate of drug-likeness (QED) is 0.855. The minimum atomic E-state index is -3.38. The summed E-state index contributed by atoms with van der Waals surface area (Å²) < 4.78 is 29.4. The molecule has 0 bridgehead atoms. The van der Waals surface area contributed by atoms with Gasteiger partial charge >= 0.3 is 0 Å². The molecule has 1 amide bonds. The number of rotatable bonds is 6. The van der Waals surface area contributed by atoms with Crippen molar-refractivity contribution >= 4 is 15.7 Å². The molecule has 1 atom stereocenters. The molecule has 1 fully saturated rings. The highest BCUT2D eigenvalue weighted by atomic mass is 32.2. The van der Waals surface area contributed by atoms with Gasteiger partial charge in [-0.05, 0) is 25.0 Å². The van der Waals surface area contributed by atoms with E-state index in [0.29, 0.717) is 6.54 Å². The summed E-state index contributed by atoms with van der Waals surface area (Å²) in [5.74, 6) is -0.422. The van der Waals surface area contributed by atoms with E-state index in [1.807, 2.05) is 0 Å². The Morgan fingerprint density at radius 2 is 2.05 bits per heavy atom. The van der Waals surface area contributed by atoms with Crippen LogP contribution in [-0.2, 0) is 19.4 Å². The Balaban J connectivity index is 1.77. The first-order valence-corrected chi connectivity index (χ1v) is 8.39. The lowest BCUT2D eigenvalue weighted by Gasteiger charge is -2.10. The number of nitrogens with one attached hydrogen (secondary N) is 1. The van der Waals surface area contributed by atoms with Crippen molar-refractivity contribution in [1.29, 1.82) is 0 Å². The summed E-state index contributed by atoms with van der Waals surface area (Å²) in [5, 5.41) is 2.72. The lowest BCUT2D eigenvalue weighted by Crippen LogP contribution is -2.32. The summed E-state index contributed by atoms with van der Waals surface area (Å²) in [6.45, 7) is 1.20. The van der Waals surface area contributed by atoms with Crippen molar-refractivity contribution in [2.24, 2.45) is 0 Å². The fourth-order valence-electron chi connectivity index (χ4n) is 2.09.